The van der Waals surface area contributed by atoms with E-state index in [-0.39, 0.29) is 11.3 Å². The molecule has 152 valence electrons. The van der Waals surface area contributed by atoms with Crippen molar-refractivity contribution in [3.63, 3.8) is 0 Å². The van der Waals surface area contributed by atoms with Crippen LogP contribution in [0.25, 0.3) is 0 Å². The first kappa shape index (κ1) is 20.7. The monoisotopic (exact) mass is 401 g/mol. The second kappa shape index (κ2) is 8.17. The van der Waals surface area contributed by atoms with Gasteiger partial charge < -0.3 is 4.90 Å². The van der Waals surface area contributed by atoms with Crippen LogP contribution in [0.1, 0.15) is 62.3 Å². The van der Waals surface area contributed by atoms with E-state index < -0.39 is 0 Å². The molecular formula is C21H31N5OS. The molecule has 0 spiro atoms. The second-order valence-electron chi connectivity index (χ2n) is 8.86. The maximum absolute atomic E-state index is 12.8. The molecule has 1 aliphatic rings. The smallest absolute Gasteiger partial charge is 0.253 e. The predicted molar refractivity (Wildman–Crippen MR) is 114 cm³/mol. The molecule has 6 nitrogen and oxygen atoms in total. The van der Waals surface area contributed by atoms with Crippen LogP contribution in [0, 0.1) is 4.77 Å². The first-order valence-electron chi connectivity index (χ1n) is 9.94. The molecule has 1 amide bonds. The highest BCUT2D eigenvalue weighted by molar-refractivity contribution is 7.71. The van der Waals surface area contributed by atoms with Gasteiger partial charge in [0, 0.05) is 37.2 Å². The molecule has 0 bridgehead atoms. The summed E-state index contributed by atoms with van der Waals surface area (Å²) in [6.07, 6.45) is 0. The zero-order valence-electron chi connectivity index (χ0n) is 17.5. The van der Waals surface area contributed by atoms with Gasteiger partial charge in [0.2, 0.25) is 4.77 Å². The summed E-state index contributed by atoms with van der Waals surface area (Å²) in [6.45, 7) is 14.4. The third-order valence-electron chi connectivity index (χ3n) is 5.21. The van der Waals surface area contributed by atoms with Crippen molar-refractivity contribution in [1.29, 1.82) is 0 Å². The summed E-state index contributed by atoms with van der Waals surface area (Å²) in [4.78, 5) is 21.5. The van der Waals surface area contributed by atoms with Crippen molar-refractivity contribution in [3.8, 4) is 0 Å². The van der Waals surface area contributed by atoms with Crippen molar-refractivity contribution in [3.05, 3.63) is 46.0 Å². The fourth-order valence-electron chi connectivity index (χ4n) is 3.27. The fourth-order valence-corrected chi connectivity index (χ4v) is 3.47. The van der Waals surface area contributed by atoms with Crippen molar-refractivity contribution < 1.29 is 4.79 Å². The van der Waals surface area contributed by atoms with E-state index in [1.807, 2.05) is 21.7 Å². The number of nitrogens with one attached hydrogen (secondary N) is 1. The molecule has 1 aromatic heterocycles. The summed E-state index contributed by atoms with van der Waals surface area (Å²) >= 11 is 5.40. The molecule has 1 N–H and O–H groups in total. The summed E-state index contributed by atoms with van der Waals surface area (Å²) < 4.78 is 2.49. The third kappa shape index (κ3) is 4.70. The topological polar surface area (TPSA) is 57.2 Å². The summed E-state index contributed by atoms with van der Waals surface area (Å²) in [7, 11) is 0. The van der Waals surface area contributed by atoms with Crippen molar-refractivity contribution in [2.45, 2.75) is 52.6 Å². The maximum Gasteiger partial charge on any atom is 0.253 e. The molecule has 2 heterocycles. The second-order valence-corrected chi connectivity index (χ2v) is 9.23. The number of aromatic amines is 1. The van der Waals surface area contributed by atoms with E-state index in [0.29, 0.717) is 17.4 Å². The molecule has 3 rings (SSSR count). The first-order chi connectivity index (χ1) is 13.1. The van der Waals surface area contributed by atoms with Crippen molar-refractivity contribution >= 4 is 18.1 Å². The van der Waals surface area contributed by atoms with E-state index in [4.69, 9.17) is 12.2 Å². The lowest BCUT2D eigenvalue weighted by Crippen LogP contribution is -2.49. The average molecular weight is 402 g/mol. The van der Waals surface area contributed by atoms with E-state index in [9.17, 15) is 4.79 Å². The number of amides is 1. The minimum atomic E-state index is -0.0605. The Morgan fingerprint density at radius 2 is 1.75 bits per heavy atom. The van der Waals surface area contributed by atoms with Gasteiger partial charge >= 0.3 is 0 Å². The standard InChI is InChI=1S/C21H31N5OS/c1-15(2)16-6-8-17(9-7-16)18(27)25-12-10-24(11-13-25)14-26-20(28)22-19(23-26)21(3,4)5/h6-9,15H,10-14H2,1-5H3,(H,22,23,28). The largest absolute Gasteiger partial charge is 0.336 e. The molecule has 2 aromatic rings. The minimum absolute atomic E-state index is 0.0605. The quantitative estimate of drug-likeness (QED) is 0.792. The first-order valence-corrected chi connectivity index (χ1v) is 10.3. The highest BCUT2D eigenvalue weighted by atomic mass is 32.1. The van der Waals surface area contributed by atoms with E-state index in [1.54, 1.807) is 0 Å². The van der Waals surface area contributed by atoms with Crippen molar-refractivity contribution in [1.82, 2.24) is 24.6 Å². The Kier molecular flexibility index (Phi) is 6.05. The van der Waals surface area contributed by atoms with Crippen LogP contribution in [0.5, 0.6) is 0 Å². The van der Waals surface area contributed by atoms with Crippen LogP contribution < -0.4 is 0 Å². The lowest BCUT2D eigenvalue weighted by molar-refractivity contribution is 0.0585. The molecule has 1 saturated heterocycles. The molecule has 0 saturated carbocycles. The van der Waals surface area contributed by atoms with E-state index >= 15 is 0 Å². The molecular weight excluding hydrogens is 370 g/mol. The van der Waals surface area contributed by atoms with Gasteiger partial charge in [0.25, 0.3) is 5.91 Å². The summed E-state index contributed by atoms with van der Waals surface area (Å²) in [5.41, 5.74) is 1.96. The Hall–Kier alpha value is -1.99. The third-order valence-corrected chi connectivity index (χ3v) is 5.53. The fraction of sp³-hybridized carbons (Fsp3) is 0.571. The highest BCUT2D eigenvalue weighted by Gasteiger charge is 2.24. The summed E-state index contributed by atoms with van der Waals surface area (Å²) in [6, 6.07) is 8.01. The van der Waals surface area contributed by atoms with Gasteiger partial charge in [-0.1, -0.05) is 46.8 Å². The number of piperazine rings is 1. The van der Waals surface area contributed by atoms with Gasteiger partial charge in [-0.05, 0) is 35.8 Å². The average Bonchev–Trinajstić information content (AvgIpc) is 3.03. The lowest BCUT2D eigenvalue weighted by atomic mass is 9.96. The van der Waals surface area contributed by atoms with Gasteiger partial charge in [0.15, 0.2) is 0 Å². The SMILES string of the molecule is CC(C)c1ccc(C(=O)N2CCN(Cn3[nH]c(C(C)(C)C)nc3=S)CC2)cc1. The lowest BCUT2D eigenvalue weighted by Gasteiger charge is -2.34. The molecule has 1 aliphatic heterocycles. The number of hydrogen-bond acceptors (Lipinski definition) is 4. The molecule has 7 heteroatoms. The Balaban J connectivity index is 1.58. The van der Waals surface area contributed by atoms with Crippen LogP contribution in [0.2, 0.25) is 0 Å². The normalized spacial score (nSPS) is 16.0. The molecule has 0 unspecified atom stereocenters. The Labute approximate surface area is 172 Å². The van der Waals surface area contributed by atoms with Gasteiger partial charge in [-0.2, -0.15) is 0 Å². The minimum Gasteiger partial charge on any atom is -0.336 e. The number of nitrogens with zero attached hydrogens (tertiary/aromatic N) is 4. The zero-order chi connectivity index (χ0) is 20.5. The number of hydrogen-bond donors (Lipinski definition) is 1. The molecule has 1 aromatic carbocycles. The van der Waals surface area contributed by atoms with Crippen LogP contribution in [0.3, 0.4) is 0 Å². The van der Waals surface area contributed by atoms with Crippen LogP contribution in [-0.4, -0.2) is 56.7 Å². The number of aromatic nitrogens is 3. The van der Waals surface area contributed by atoms with Gasteiger partial charge in [0.05, 0.1) is 6.67 Å². The van der Waals surface area contributed by atoms with Crippen LogP contribution in [-0.2, 0) is 12.1 Å². The number of H-pyrrole nitrogens is 1. The maximum atomic E-state index is 12.8. The van der Waals surface area contributed by atoms with Gasteiger partial charge in [-0.15, -0.1) is 0 Å². The number of benzene rings is 1. The molecule has 0 radical (unpaired) electrons. The molecule has 28 heavy (non-hydrogen) atoms. The highest BCUT2D eigenvalue weighted by Crippen LogP contribution is 2.19. The van der Waals surface area contributed by atoms with Gasteiger partial charge in [-0.3, -0.25) is 14.8 Å². The number of rotatable bonds is 4. The summed E-state index contributed by atoms with van der Waals surface area (Å²) in [5.74, 6) is 1.49. The van der Waals surface area contributed by atoms with Crippen LogP contribution >= 0.6 is 12.2 Å². The van der Waals surface area contributed by atoms with Crippen molar-refractivity contribution in [2.75, 3.05) is 26.2 Å². The molecule has 0 atom stereocenters. The van der Waals surface area contributed by atoms with Crippen molar-refractivity contribution in [2.24, 2.45) is 0 Å². The van der Waals surface area contributed by atoms with Crippen LogP contribution in [0.15, 0.2) is 24.3 Å². The van der Waals surface area contributed by atoms with Gasteiger partial charge in [-0.25, -0.2) is 9.67 Å². The van der Waals surface area contributed by atoms with E-state index in [0.717, 1.165) is 37.6 Å². The molecule has 0 aliphatic carbocycles. The van der Waals surface area contributed by atoms with E-state index in [2.05, 4.69) is 61.7 Å². The van der Waals surface area contributed by atoms with Gasteiger partial charge in [0.1, 0.15) is 5.82 Å². The predicted octanol–water partition coefficient (Wildman–Crippen LogP) is 3.78. The Morgan fingerprint density at radius 3 is 2.25 bits per heavy atom. The van der Waals surface area contributed by atoms with Crippen LogP contribution in [0.4, 0.5) is 0 Å². The summed E-state index contributed by atoms with van der Waals surface area (Å²) in [5, 5.41) is 3.32. The Bertz CT molecular complexity index is 867. The number of carbonyl (C=O) groups excluding carboxylic acids is 1. The molecule has 1 fully saturated rings. The zero-order valence-corrected chi connectivity index (χ0v) is 18.3. The number of carbonyl (C=O) groups is 1. The Morgan fingerprint density at radius 1 is 1.14 bits per heavy atom. The van der Waals surface area contributed by atoms with E-state index in [1.165, 1.54) is 5.56 Å².